The Labute approximate surface area is 114 Å². The van der Waals surface area contributed by atoms with Crippen molar-refractivity contribution in [3.63, 3.8) is 0 Å². The van der Waals surface area contributed by atoms with Gasteiger partial charge in [0.15, 0.2) is 0 Å². The first-order valence-electron chi connectivity index (χ1n) is 6.37. The highest BCUT2D eigenvalue weighted by Crippen LogP contribution is 2.24. The largest absolute Gasteiger partial charge is 0.575 e. The third kappa shape index (κ3) is 3.22. The lowest BCUT2D eigenvalue weighted by molar-refractivity contribution is -0.177. The maximum Gasteiger partial charge on any atom is 0.575 e. The Bertz CT molecular complexity index is 312. The van der Waals surface area contributed by atoms with Gasteiger partial charge in [-0.2, -0.15) is 5.06 Å². The summed E-state index contributed by atoms with van der Waals surface area (Å²) < 4.78 is 20.8. The van der Waals surface area contributed by atoms with E-state index in [4.69, 9.17) is 22.9 Å². The molecule has 0 spiro atoms. The monoisotopic (exact) mass is 291 g/mol. The SMILES string of the molecule is CO[Si](OC)(OC)C(=O)[C@H]1CCCN1OCC1CO1. The zero-order chi connectivity index (χ0) is 13.9. The van der Waals surface area contributed by atoms with Crippen molar-refractivity contribution in [1.82, 2.24) is 5.06 Å². The first kappa shape index (κ1) is 15.0. The molecule has 0 aromatic rings. The van der Waals surface area contributed by atoms with Crippen LogP contribution in [-0.4, -0.2) is 72.5 Å². The molecule has 7 nitrogen and oxygen atoms in total. The van der Waals surface area contributed by atoms with E-state index >= 15 is 0 Å². The fraction of sp³-hybridized carbons (Fsp3) is 0.909. The topological polar surface area (TPSA) is 69.8 Å². The van der Waals surface area contributed by atoms with Crippen molar-refractivity contribution in [3.05, 3.63) is 0 Å². The first-order valence-corrected chi connectivity index (χ1v) is 8.10. The lowest BCUT2D eigenvalue weighted by atomic mass is 10.2. The molecule has 2 aliphatic rings. The molecule has 2 saturated heterocycles. The Morgan fingerprint density at radius 2 is 1.95 bits per heavy atom. The summed E-state index contributed by atoms with van der Waals surface area (Å²) in [4.78, 5) is 18.2. The van der Waals surface area contributed by atoms with Crippen LogP contribution in [-0.2, 0) is 27.6 Å². The maximum atomic E-state index is 12.6. The molecule has 0 bridgehead atoms. The summed E-state index contributed by atoms with van der Waals surface area (Å²) in [6.07, 6.45) is 1.81. The van der Waals surface area contributed by atoms with Gasteiger partial charge in [0.1, 0.15) is 6.10 Å². The molecule has 8 heteroatoms. The number of hydrogen-bond donors (Lipinski definition) is 0. The minimum atomic E-state index is -3.26. The van der Waals surface area contributed by atoms with Crippen LogP contribution in [0.2, 0.25) is 0 Å². The van der Waals surface area contributed by atoms with Gasteiger partial charge in [0.2, 0.25) is 5.41 Å². The standard InChI is InChI=1S/C11H21NO6Si/c1-14-19(15-2,16-3)11(13)10-5-4-6-12(10)18-8-9-7-17-9/h9-10H,4-8H2,1-3H3/t9?,10-/m1/s1. The molecule has 0 radical (unpaired) electrons. The smallest absolute Gasteiger partial charge is 0.372 e. The highest BCUT2D eigenvalue weighted by molar-refractivity contribution is 6.93. The quantitative estimate of drug-likeness (QED) is 0.452. The number of rotatable bonds is 8. The number of hydroxylamine groups is 2. The minimum absolute atomic E-state index is 0.144. The van der Waals surface area contributed by atoms with Crippen molar-refractivity contribution in [2.75, 3.05) is 41.1 Å². The molecule has 110 valence electrons. The highest BCUT2D eigenvalue weighted by Gasteiger charge is 2.53. The van der Waals surface area contributed by atoms with E-state index in [1.165, 1.54) is 21.3 Å². The second kappa shape index (κ2) is 6.40. The number of carbonyl (C=O) groups excluding carboxylic acids is 1. The fourth-order valence-electron chi connectivity index (χ4n) is 2.26. The van der Waals surface area contributed by atoms with Crippen LogP contribution in [0.4, 0.5) is 0 Å². The van der Waals surface area contributed by atoms with E-state index in [0.717, 1.165) is 26.0 Å². The molecule has 0 aliphatic carbocycles. The van der Waals surface area contributed by atoms with Gasteiger partial charge >= 0.3 is 8.80 Å². The van der Waals surface area contributed by atoms with Crippen molar-refractivity contribution in [1.29, 1.82) is 0 Å². The number of carbonyl (C=O) groups is 1. The molecule has 2 aliphatic heterocycles. The molecular formula is C11H21NO6Si. The van der Waals surface area contributed by atoms with Crippen LogP contribution < -0.4 is 0 Å². The molecular weight excluding hydrogens is 270 g/mol. The van der Waals surface area contributed by atoms with Gasteiger partial charge in [0, 0.05) is 27.9 Å². The van der Waals surface area contributed by atoms with Gasteiger partial charge in [-0.05, 0) is 12.8 Å². The van der Waals surface area contributed by atoms with E-state index in [1.54, 1.807) is 5.06 Å². The van der Waals surface area contributed by atoms with E-state index < -0.39 is 8.80 Å². The average molecular weight is 291 g/mol. The molecule has 0 saturated carbocycles. The number of epoxide rings is 1. The van der Waals surface area contributed by atoms with Gasteiger partial charge in [-0.3, -0.25) is 9.63 Å². The molecule has 2 atom stereocenters. The molecule has 2 fully saturated rings. The Hall–Kier alpha value is -0.353. The predicted molar refractivity (Wildman–Crippen MR) is 67.2 cm³/mol. The van der Waals surface area contributed by atoms with Crippen molar-refractivity contribution >= 4 is 14.2 Å². The van der Waals surface area contributed by atoms with Crippen LogP contribution >= 0.6 is 0 Å². The van der Waals surface area contributed by atoms with Crippen LogP contribution in [0, 0.1) is 0 Å². The summed E-state index contributed by atoms with van der Waals surface area (Å²) in [6, 6.07) is -0.356. The number of ether oxygens (including phenoxy) is 1. The summed E-state index contributed by atoms with van der Waals surface area (Å²) in [6.45, 7) is 1.95. The van der Waals surface area contributed by atoms with Crippen molar-refractivity contribution < 1.29 is 27.6 Å². The Balaban J connectivity index is 1.98. The summed E-state index contributed by atoms with van der Waals surface area (Å²) in [7, 11) is 1.06. The number of nitrogens with zero attached hydrogens (tertiary/aromatic N) is 1. The third-order valence-corrected chi connectivity index (χ3v) is 5.99. The molecule has 2 rings (SSSR count). The number of hydrogen-bond acceptors (Lipinski definition) is 7. The lowest BCUT2D eigenvalue weighted by Crippen LogP contribution is -2.58. The van der Waals surface area contributed by atoms with E-state index in [9.17, 15) is 4.79 Å². The minimum Gasteiger partial charge on any atom is -0.372 e. The molecule has 2 heterocycles. The normalized spacial score (nSPS) is 27.7. The van der Waals surface area contributed by atoms with Gasteiger partial charge in [-0.25, -0.2) is 0 Å². The molecule has 1 unspecified atom stereocenters. The predicted octanol–water partition coefficient (Wildman–Crippen LogP) is -0.232. The zero-order valence-corrected chi connectivity index (χ0v) is 12.6. The second-order valence-electron chi connectivity index (χ2n) is 4.58. The summed E-state index contributed by atoms with van der Waals surface area (Å²) in [5, 5.41) is 1.57. The van der Waals surface area contributed by atoms with Gasteiger partial charge in [-0.15, -0.1) is 0 Å². The summed E-state index contributed by atoms with van der Waals surface area (Å²) in [5.41, 5.74) is 0. The molecule has 0 aromatic heterocycles. The molecule has 0 aromatic carbocycles. The van der Waals surface area contributed by atoms with E-state index in [1.807, 2.05) is 0 Å². The third-order valence-electron chi connectivity index (χ3n) is 3.44. The van der Waals surface area contributed by atoms with E-state index in [0.29, 0.717) is 6.61 Å². The van der Waals surface area contributed by atoms with Crippen molar-refractivity contribution in [3.8, 4) is 0 Å². The maximum absolute atomic E-state index is 12.6. The van der Waals surface area contributed by atoms with Gasteiger partial charge < -0.3 is 18.0 Å². The highest BCUT2D eigenvalue weighted by atomic mass is 28.4. The zero-order valence-electron chi connectivity index (χ0n) is 11.6. The van der Waals surface area contributed by atoms with E-state index in [-0.39, 0.29) is 17.6 Å². The van der Waals surface area contributed by atoms with Crippen LogP contribution in [0.3, 0.4) is 0 Å². The molecule has 0 amide bonds. The summed E-state index contributed by atoms with van der Waals surface area (Å²) >= 11 is 0. The van der Waals surface area contributed by atoms with E-state index in [2.05, 4.69) is 0 Å². The van der Waals surface area contributed by atoms with Gasteiger partial charge in [-0.1, -0.05) is 0 Å². The Kier molecular flexibility index (Phi) is 5.07. The van der Waals surface area contributed by atoms with Gasteiger partial charge in [0.25, 0.3) is 0 Å². The van der Waals surface area contributed by atoms with Gasteiger partial charge in [0.05, 0.1) is 19.3 Å². The van der Waals surface area contributed by atoms with Crippen molar-refractivity contribution in [2.24, 2.45) is 0 Å². The second-order valence-corrected chi connectivity index (χ2v) is 7.41. The lowest BCUT2D eigenvalue weighted by Gasteiger charge is -2.29. The summed E-state index contributed by atoms with van der Waals surface area (Å²) in [5.74, 6) is 0. The van der Waals surface area contributed by atoms with Crippen LogP contribution in [0.15, 0.2) is 0 Å². The Morgan fingerprint density at radius 1 is 1.32 bits per heavy atom. The van der Waals surface area contributed by atoms with Crippen LogP contribution in [0.5, 0.6) is 0 Å². The first-order chi connectivity index (χ1) is 9.16. The molecule has 19 heavy (non-hydrogen) atoms. The van der Waals surface area contributed by atoms with Crippen molar-refractivity contribution in [2.45, 2.75) is 25.0 Å². The average Bonchev–Trinajstić information content (AvgIpc) is 3.15. The fourth-order valence-corrected chi connectivity index (χ4v) is 4.06. The van der Waals surface area contributed by atoms with Crippen LogP contribution in [0.25, 0.3) is 0 Å². The Morgan fingerprint density at radius 3 is 2.47 bits per heavy atom. The molecule has 0 N–H and O–H groups in total. The van der Waals surface area contributed by atoms with Crippen LogP contribution in [0.1, 0.15) is 12.8 Å².